The number of hydrogen-bond acceptors (Lipinski definition) is 5. The zero-order valence-electron chi connectivity index (χ0n) is 12.6. The molecule has 0 radical (unpaired) electrons. The van der Waals surface area contributed by atoms with Gasteiger partial charge in [0, 0.05) is 12.3 Å². The highest BCUT2D eigenvalue weighted by atomic mass is 32.1. The minimum absolute atomic E-state index is 0.0971. The molecular formula is C15H23N3O3S. The van der Waals surface area contributed by atoms with Gasteiger partial charge in [0.05, 0.1) is 0 Å². The molecule has 1 aromatic rings. The van der Waals surface area contributed by atoms with Gasteiger partial charge in [-0.25, -0.2) is 0 Å². The van der Waals surface area contributed by atoms with Crippen LogP contribution in [0.25, 0.3) is 0 Å². The molecule has 22 heavy (non-hydrogen) atoms. The normalized spacial score (nSPS) is 13.2. The molecule has 5 N–H and O–H groups in total. The zero-order valence-corrected chi connectivity index (χ0v) is 13.5. The van der Waals surface area contributed by atoms with Crippen molar-refractivity contribution in [3.05, 3.63) is 29.8 Å². The first-order valence-electron chi connectivity index (χ1n) is 7.23. The zero-order chi connectivity index (χ0) is 16.5. The highest BCUT2D eigenvalue weighted by molar-refractivity contribution is 7.80. The number of nitrogens with one attached hydrogen (secondary N) is 2. The van der Waals surface area contributed by atoms with E-state index in [-0.39, 0.29) is 17.4 Å². The van der Waals surface area contributed by atoms with Crippen LogP contribution in [0, 0.1) is 0 Å². The molecule has 2 amide bonds. The molecule has 0 aliphatic carbocycles. The van der Waals surface area contributed by atoms with Gasteiger partial charge < -0.3 is 21.5 Å². The Morgan fingerprint density at radius 2 is 1.91 bits per heavy atom. The molecule has 0 fully saturated rings. The summed E-state index contributed by atoms with van der Waals surface area (Å²) in [6.07, 6.45) is 1.86. The summed E-state index contributed by atoms with van der Waals surface area (Å²) < 4.78 is 0. The van der Waals surface area contributed by atoms with Gasteiger partial charge in [0.15, 0.2) is 0 Å². The largest absolute Gasteiger partial charge is 0.508 e. The molecule has 7 heteroatoms. The van der Waals surface area contributed by atoms with Crippen molar-refractivity contribution in [3.8, 4) is 5.75 Å². The van der Waals surface area contributed by atoms with E-state index in [0.717, 1.165) is 12.8 Å². The predicted molar refractivity (Wildman–Crippen MR) is 88.7 cm³/mol. The summed E-state index contributed by atoms with van der Waals surface area (Å²) in [5.74, 6) is -0.448. The van der Waals surface area contributed by atoms with E-state index in [1.165, 1.54) is 12.1 Å². The van der Waals surface area contributed by atoms with Gasteiger partial charge in [-0.1, -0.05) is 25.5 Å². The number of unbranched alkanes of at least 4 members (excludes halogenated alkanes) is 1. The minimum Gasteiger partial charge on any atom is -0.508 e. The average Bonchev–Trinajstić information content (AvgIpc) is 2.52. The maximum atomic E-state index is 12.1. The molecule has 0 aliphatic heterocycles. The lowest BCUT2D eigenvalue weighted by Crippen LogP contribution is -2.50. The van der Waals surface area contributed by atoms with Crippen LogP contribution in [0.5, 0.6) is 5.75 Å². The molecule has 0 heterocycles. The molecule has 2 atom stereocenters. The molecule has 0 aliphatic rings. The smallest absolute Gasteiger partial charge is 0.243 e. The van der Waals surface area contributed by atoms with Crippen LogP contribution in [0.1, 0.15) is 31.4 Å². The monoisotopic (exact) mass is 325 g/mol. The van der Waals surface area contributed by atoms with Crippen molar-refractivity contribution in [1.29, 1.82) is 0 Å². The fraction of sp³-hybridized carbons (Fsp3) is 0.467. The molecule has 122 valence electrons. The van der Waals surface area contributed by atoms with Crippen LogP contribution in [-0.2, 0) is 9.59 Å². The standard InChI is InChI=1S/C15H23N3O3S/c1-2-3-8-17-14(20)12(9-22)18-15(21)13(16)10-4-6-11(19)7-5-10/h4-7,12-13,19,22H,2-3,8-9,16H2,1H3,(H,17,20)(H,18,21)/t12-,13+/m0/s1. The molecular weight excluding hydrogens is 302 g/mol. The highest BCUT2D eigenvalue weighted by Gasteiger charge is 2.23. The molecule has 6 nitrogen and oxygen atoms in total. The van der Waals surface area contributed by atoms with E-state index < -0.39 is 18.0 Å². The molecule has 0 saturated heterocycles. The van der Waals surface area contributed by atoms with Crippen molar-refractivity contribution in [2.24, 2.45) is 5.73 Å². The summed E-state index contributed by atoms with van der Waals surface area (Å²) in [7, 11) is 0. The molecule has 0 bridgehead atoms. The van der Waals surface area contributed by atoms with Crippen LogP contribution in [0.2, 0.25) is 0 Å². The van der Waals surface area contributed by atoms with E-state index in [9.17, 15) is 14.7 Å². The number of phenols is 1. The number of carbonyl (C=O) groups excluding carboxylic acids is 2. The van der Waals surface area contributed by atoms with Crippen LogP contribution in [-0.4, -0.2) is 35.3 Å². The quantitative estimate of drug-likeness (QED) is 0.359. The minimum atomic E-state index is -0.911. The van der Waals surface area contributed by atoms with E-state index in [1.54, 1.807) is 12.1 Å². The van der Waals surface area contributed by atoms with Crippen molar-refractivity contribution in [2.45, 2.75) is 31.8 Å². The second-order valence-corrected chi connectivity index (χ2v) is 5.32. The Hall–Kier alpha value is -1.73. The number of aromatic hydroxyl groups is 1. The second-order valence-electron chi connectivity index (χ2n) is 4.96. The van der Waals surface area contributed by atoms with Crippen LogP contribution in [0.3, 0.4) is 0 Å². The van der Waals surface area contributed by atoms with Gasteiger partial charge in [-0.3, -0.25) is 9.59 Å². The van der Waals surface area contributed by atoms with Crippen molar-refractivity contribution in [3.63, 3.8) is 0 Å². The Bertz CT molecular complexity index is 493. The fourth-order valence-electron chi connectivity index (χ4n) is 1.80. The van der Waals surface area contributed by atoms with Crippen molar-refractivity contribution >= 4 is 24.4 Å². The number of benzene rings is 1. The number of amides is 2. The van der Waals surface area contributed by atoms with Crippen LogP contribution in [0.15, 0.2) is 24.3 Å². The molecule has 0 spiro atoms. The second kappa shape index (κ2) is 9.32. The van der Waals surface area contributed by atoms with Crippen LogP contribution < -0.4 is 16.4 Å². The maximum absolute atomic E-state index is 12.1. The summed E-state index contributed by atoms with van der Waals surface area (Å²) in [6.45, 7) is 2.60. The van der Waals surface area contributed by atoms with Gasteiger partial charge in [0.1, 0.15) is 17.8 Å². The van der Waals surface area contributed by atoms with Gasteiger partial charge >= 0.3 is 0 Å². The maximum Gasteiger partial charge on any atom is 0.243 e. The molecule has 1 aromatic carbocycles. The summed E-state index contributed by atoms with van der Waals surface area (Å²) in [4.78, 5) is 24.1. The van der Waals surface area contributed by atoms with Crippen molar-refractivity contribution in [1.82, 2.24) is 10.6 Å². The molecule has 1 rings (SSSR count). The van der Waals surface area contributed by atoms with E-state index in [1.807, 2.05) is 6.92 Å². The van der Waals surface area contributed by atoms with Gasteiger partial charge in [-0.2, -0.15) is 12.6 Å². The number of thiol groups is 1. The van der Waals surface area contributed by atoms with Crippen LogP contribution in [0.4, 0.5) is 0 Å². The third kappa shape index (κ3) is 5.57. The third-order valence-electron chi connectivity index (χ3n) is 3.18. The topological polar surface area (TPSA) is 104 Å². The third-order valence-corrected chi connectivity index (χ3v) is 3.54. The van der Waals surface area contributed by atoms with Crippen molar-refractivity contribution in [2.75, 3.05) is 12.3 Å². The average molecular weight is 325 g/mol. The first-order valence-corrected chi connectivity index (χ1v) is 7.86. The van der Waals surface area contributed by atoms with Gasteiger partial charge in [0.25, 0.3) is 0 Å². The number of phenolic OH excluding ortho intramolecular Hbond substituents is 1. The van der Waals surface area contributed by atoms with E-state index >= 15 is 0 Å². The summed E-state index contributed by atoms with van der Waals surface area (Å²) in [5.41, 5.74) is 6.42. The van der Waals surface area contributed by atoms with Gasteiger partial charge in [-0.15, -0.1) is 0 Å². The predicted octanol–water partition coefficient (Wildman–Crippen LogP) is 0.723. The van der Waals surface area contributed by atoms with Gasteiger partial charge in [0.2, 0.25) is 11.8 Å². The van der Waals surface area contributed by atoms with Crippen molar-refractivity contribution < 1.29 is 14.7 Å². The molecule has 0 aromatic heterocycles. The van der Waals surface area contributed by atoms with E-state index in [0.29, 0.717) is 12.1 Å². The molecule has 0 unspecified atom stereocenters. The van der Waals surface area contributed by atoms with Crippen LogP contribution >= 0.6 is 12.6 Å². The lowest BCUT2D eigenvalue weighted by Gasteiger charge is -2.19. The SMILES string of the molecule is CCCCNC(=O)[C@H](CS)NC(=O)[C@H](N)c1ccc(O)cc1. The Morgan fingerprint density at radius 1 is 1.27 bits per heavy atom. The Balaban J connectivity index is 2.60. The first kappa shape index (κ1) is 18.3. The first-order chi connectivity index (χ1) is 10.5. The van der Waals surface area contributed by atoms with Gasteiger partial charge in [-0.05, 0) is 24.1 Å². The van der Waals surface area contributed by atoms with E-state index in [2.05, 4.69) is 23.3 Å². The van der Waals surface area contributed by atoms with E-state index in [4.69, 9.17) is 5.73 Å². The number of rotatable bonds is 8. The number of carbonyl (C=O) groups is 2. The lowest BCUT2D eigenvalue weighted by atomic mass is 10.1. The summed E-state index contributed by atoms with van der Waals surface area (Å²) in [5, 5.41) is 14.6. The highest BCUT2D eigenvalue weighted by Crippen LogP contribution is 2.15. The number of hydrogen-bond donors (Lipinski definition) is 5. The Morgan fingerprint density at radius 3 is 2.45 bits per heavy atom. The Kier molecular flexibility index (Phi) is 7.76. The molecule has 0 saturated carbocycles. The summed E-state index contributed by atoms with van der Waals surface area (Å²) >= 11 is 4.09. The fourth-order valence-corrected chi connectivity index (χ4v) is 2.06. The summed E-state index contributed by atoms with van der Waals surface area (Å²) in [6, 6.07) is 4.40. The number of nitrogens with two attached hydrogens (primary N) is 1. The lowest BCUT2D eigenvalue weighted by molar-refractivity contribution is -0.129. The Labute approximate surface area is 135 Å².